The molecule has 0 saturated heterocycles. The Labute approximate surface area is 277 Å². The van der Waals surface area contributed by atoms with Crippen LogP contribution in [0, 0.1) is 6.92 Å². The molecule has 0 saturated carbocycles. The smallest absolute Gasteiger partial charge is 0.264 e. The van der Waals surface area contributed by atoms with Gasteiger partial charge >= 0.3 is 0 Å². The van der Waals surface area contributed by atoms with Gasteiger partial charge in [0.1, 0.15) is 12.6 Å². The number of rotatable bonds is 12. The van der Waals surface area contributed by atoms with E-state index in [1.807, 2.05) is 37.3 Å². The number of nitrogens with one attached hydrogen (secondary N) is 1. The van der Waals surface area contributed by atoms with Crippen molar-refractivity contribution in [2.75, 3.05) is 17.4 Å². The van der Waals surface area contributed by atoms with Crippen molar-refractivity contribution in [1.82, 2.24) is 10.2 Å². The first kappa shape index (κ1) is 33.5. The molecule has 0 radical (unpaired) electrons. The Balaban J connectivity index is 1.83. The van der Waals surface area contributed by atoms with Crippen LogP contribution in [0.25, 0.3) is 0 Å². The fourth-order valence-electron chi connectivity index (χ4n) is 4.70. The van der Waals surface area contributed by atoms with Crippen molar-refractivity contribution in [3.8, 4) is 0 Å². The molecule has 0 unspecified atom stereocenters. The molecular formula is C33H32BrCl2N3O4S. The molecule has 4 aromatic rings. The summed E-state index contributed by atoms with van der Waals surface area (Å²) in [5.74, 6) is -0.993. The van der Waals surface area contributed by atoms with E-state index in [-0.39, 0.29) is 29.5 Å². The van der Waals surface area contributed by atoms with Gasteiger partial charge in [0.15, 0.2) is 0 Å². The minimum atomic E-state index is -4.21. The Morgan fingerprint density at radius 2 is 1.52 bits per heavy atom. The number of carbonyl (C=O) groups excluding carboxylic acids is 2. The standard InChI is InChI=1S/C33H32BrCl2N3O4S/c1-3-37-33(41)31(19-24-9-5-4-6-10-24)38(21-28-29(35)13-8-14-30(28)36)32(40)22-39(26-12-7-11-25(34)20-26)44(42,43)27-17-15-23(2)16-18-27/h4-18,20,31H,3,19,21-22H2,1-2H3,(H,37,41)/t31-/m1/s1. The molecule has 0 bridgehead atoms. The number of likely N-dealkylation sites (N-methyl/N-ethyl adjacent to an activating group) is 1. The molecule has 7 nitrogen and oxygen atoms in total. The van der Waals surface area contributed by atoms with Crippen LogP contribution in [0.3, 0.4) is 0 Å². The SMILES string of the molecule is CCNC(=O)[C@@H](Cc1ccccc1)N(Cc1c(Cl)cccc1Cl)C(=O)CN(c1cccc(Br)c1)S(=O)(=O)c1ccc(C)cc1. The lowest BCUT2D eigenvalue weighted by Crippen LogP contribution is -2.53. The summed E-state index contributed by atoms with van der Waals surface area (Å²) in [5.41, 5.74) is 2.44. The largest absolute Gasteiger partial charge is 0.355 e. The van der Waals surface area contributed by atoms with Gasteiger partial charge < -0.3 is 10.2 Å². The Morgan fingerprint density at radius 3 is 2.14 bits per heavy atom. The van der Waals surface area contributed by atoms with E-state index in [1.54, 1.807) is 61.5 Å². The molecular weight excluding hydrogens is 685 g/mol. The van der Waals surface area contributed by atoms with Gasteiger partial charge in [0.05, 0.1) is 10.6 Å². The van der Waals surface area contributed by atoms with Gasteiger partial charge in [-0.2, -0.15) is 0 Å². The first-order valence-electron chi connectivity index (χ1n) is 13.9. The molecule has 0 aromatic heterocycles. The minimum Gasteiger partial charge on any atom is -0.355 e. The third-order valence-electron chi connectivity index (χ3n) is 7.00. The highest BCUT2D eigenvalue weighted by atomic mass is 79.9. The van der Waals surface area contributed by atoms with Gasteiger partial charge in [-0.3, -0.25) is 13.9 Å². The number of nitrogens with zero attached hydrogens (tertiary/aromatic N) is 2. The number of benzene rings is 4. The zero-order valence-corrected chi connectivity index (χ0v) is 28.1. The van der Waals surface area contributed by atoms with Crippen LogP contribution in [0.1, 0.15) is 23.6 Å². The van der Waals surface area contributed by atoms with Crippen LogP contribution in [0.15, 0.2) is 106 Å². The highest BCUT2D eigenvalue weighted by Crippen LogP contribution is 2.30. The first-order chi connectivity index (χ1) is 21.0. The van der Waals surface area contributed by atoms with Crippen molar-refractivity contribution < 1.29 is 18.0 Å². The summed E-state index contributed by atoms with van der Waals surface area (Å²) in [6, 6.07) is 26.4. The van der Waals surface area contributed by atoms with E-state index >= 15 is 0 Å². The summed E-state index contributed by atoms with van der Waals surface area (Å²) in [5, 5.41) is 3.47. The average Bonchev–Trinajstić information content (AvgIpc) is 2.99. The number of hydrogen-bond donors (Lipinski definition) is 1. The second-order valence-corrected chi connectivity index (χ2v) is 13.7. The molecule has 0 heterocycles. The molecule has 0 fully saturated rings. The minimum absolute atomic E-state index is 0.0288. The monoisotopic (exact) mass is 715 g/mol. The summed E-state index contributed by atoms with van der Waals surface area (Å²) < 4.78 is 29.9. The van der Waals surface area contributed by atoms with Gasteiger partial charge in [-0.1, -0.05) is 99.3 Å². The third kappa shape index (κ3) is 8.21. The quantitative estimate of drug-likeness (QED) is 0.171. The van der Waals surface area contributed by atoms with Gasteiger partial charge in [-0.25, -0.2) is 8.42 Å². The van der Waals surface area contributed by atoms with Crippen molar-refractivity contribution in [1.29, 1.82) is 0 Å². The lowest BCUT2D eigenvalue weighted by molar-refractivity contribution is -0.140. The Kier molecular flexibility index (Phi) is 11.5. The van der Waals surface area contributed by atoms with Gasteiger partial charge in [0.2, 0.25) is 11.8 Å². The van der Waals surface area contributed by atoms with Crippen LogP contribution >= 0.6 is 39.1 Å². The highest BCUT2D eigenvalue weighted by Gasteiger charge is 2.35. The highest BCUT2D eigenvalue weighted by molar-refractivity contribution is 9.10. The summed E-state index contributed by atoms with van der Waals surface area (Å²) >= 11 is 16.5. The average molecular weight is 718 g/mol. The van der Waals surface area contributed by atoms with E-state index in [4.69, 9.17) is 23.2 Å². The molecule has 0 aliphatic carbocycles. The summed E-state index contributed by atoms with van der Waals surface area (Å²) in [7, 11) is -4.21. The maximum atomic E-state index is 14.5. The van der Waals surface area contributed by atoms with Crippen molar-refractivity contribution in [3.63, 3.8) is 0 Å². The molecule has 4 rings (SSSR count). The fraction of sp³-hybridized carbons (Fsp3) is 0.212. The molecule has 2 amide bonds. The second-order valence-electron chi connectivity index (χ2n) is 10.1. The van der Waals surface area contributed by atoms with Crippen LogP contribution in [-0.2, 0) is 32.6 Å². The second kappa shape index (κ2) is 15.1. The van der Waals surface area contributed by atoms with Crippen molar-refractivity contribution in [3.05, 3.63) is 128 Å². The van der Waals surface area contributed by atoms with Gasteiger partial charge in [0.25, 0.3) is 10.0 Å². The number of amides is 2. The van der Waals surface area contributed by atoms with E-state index in [9.17, 15) is 18.0 Å². The number of carbonyl (C=O) groups is 2. The maximum Gasteiger partial charge on any atom is 0.264 e. The predicted molar refractivity (Wildman–Crippen MR) is 179 cm³/mol. The topological polar surface area (TPSA) is 86.8 Å². The number of anilines is 1. The van der Waals surface area contributed by atoms with Crippen LogP contribution in [0.2, 0.25) is 10.0 Å². The molecule has 44 heavy (non-hydrogen) atoms. The molecule has 0 spiro atoms. The van der Waals surface area contributed by atoms with Crippen molar-refractivity contribution in [2.45, 2.75) is 37.8 Å². The number of sulfonamides is 1. The van der Waals surface area contributed by atoms with E-state index in [1.165, 1.54) is 17.0 Å². The number of aryl methyl sites for hydroxylation is 1. The van der Waals surface area contributed by atoms with Crippen LogP contribution in [0.5, 0.6) is 0 Å². The van der Waals surface area contributed by atoms with Crippen molar-refractivity contribution in [2.24, 2.45) is 0 Å². The van der Waals surface area contributed by atoms with Crippen LogP contribution < -0.4 is 9.62 Å². The van der Waals surface area contributed by atoms with E-state index in [0.717, 1.165) is 15.4 Å². The van der Waals surface area contributed by atoms with E-state index in [2.05, 4.69) is 21.2 Å². The maximum absolute atomic E-state index is 14.5. The molecule has 0 aliphatic heterocycles. The molecule has 1 atom stereocenters. The molecule has 0 aliphatic rings. The normalized spacial score (nSPS) is 11.9. The number of halogens is 3. The summed E-state index contributed by atoms with van der Waals surface area (Å²) in [4.78, 5) is 29.4. The van der Waals surface area contributed by atoms with Gasteiger partial charge in [0, 0.05) is 39.6 Å². The third-order valence-corrected chi connectivity index (χ3v) is 9.99. The zero-order chi connectivity index (χ0) is 31.9. The molecule has 230 valence electrons. The Morgan fingerprint density at radius 1 is 0.886 bits per heavy atom. The lowest BCUT2D eigenvalue weighted by Gasteiger charge is -2.34. The van der Waals surface area contributed by atoms with Crippen molar-refractivity contribution >= 4 is 66.7 Å². The summed E-state index contributed by atoms with van der Waals surface area (Å²) in [6.07, 6.45) is 0.183. The Bertz CT molecular complexity index is 1700. The zero-order valence-electron chi connectivity index (χ0n) is 24.2. The molecule has 4 aromatic carbocycles. The fourth-order valence-corrected chi connectivity index (χ4v) is 7.01. The van der Waals surface area contributed by atoms with Crippen LogP contribution in [-0.4, -0.2) is 44.3 Å². The lowest BCUT2D eigenvalue weighted by atomic mass is 10.0. The first-order valence-corrected chi connectivity index (χ1v) is 16.9. The van der Waals surface area contributed by atoms with Gasteiger partial charge in [-0.05, 0) is 61.9 Å². The Hall–Kier alpha value is -3.37. The summed E-state index contributed by atoms with van der Waals surface area (Å²) in [6.45, 7) is 3.28. The van der Waals surface area contributed by atoms with Crippen LogP contribution in [0.4, 0.5) is 5.69 Å². The molecule has 1 N–H and O–H groups in total. The number of hydrogen-bond acceptors (Lipinski definition) is 4. The molecule has 11 heteroatoms. The predicted octanol–water partition coefficient (Wildman–Crippen LogP) is 7.04. The van der Waals surface area contributed by atoms with E-state index in [0.29, 0.717) is 26.6 Å². The van der Waals surface area contributed by atoms with E-state index < -0.39 is 28.5 Å². The van der Waals surface area contributed by atoms with Gasteiger partial charge in [-0.15, -0.1) is 0 Å².